The Morgan fingerprint density at radius 1 is 1.03 bits per heavy atom. The fourth-order valence-electron chi connectivity index (χ4n) is 3.81. The Balaban J connectivity index is 1.48. The molecular weight excluding hydrogens is 460 g/mol. The molecule has 0 aliphatic carbocycles. The number of benzene rings is 2. The fourth-order valence-corrected chi connectivity index (χ4v) is 4.81. The Bertz CT molecular complexity index is 1530. The molecule has 5 rings (SSSR count). The van der Waals surface area contributed by atoms with E-state index >= 15 is 0 Å². The van der Waals surface area contributed by atoms with Crippen molar-refractivity contribution in [2.75, 3.05) is 6.61 Å². The maximum Gasteiger partial charge on any atom is 0.262 e. The van der Waals surface area contributed by atoms with E-state index in [0.29, 0.717) is 40.9 Å². The highest BCUT2D eigenvalue weighted by atomic mass is 32.2. The van der Waals surface area contributed by atoms with Gasteiger partial charge in [0, 0.05) is 18.1 Å². The molecule has 0 amide bonds. The van der Waals surface area contributed by atoms with Crippen molar-refractivity contribution in [2.45, 2.75) is 31.3 Å². The molecule has 35 heavy (non-hydrogen) atoms. The minimum Gasteiger partial charge on any atom is -0.493 e. The summed E-state index contributed by atoms with van der Waals surface area (Å²) in [6.45, 7) is 4.78. The Kier molecular flexibility index (Phi) is 6.63. The van der Waals surface area contributed by atoms with Crippen LogP contribution >= 0.6 is 11.8 Å². The van der Waals surface area contributed by atoms with Crippen molar-refractivity contribution < 1.29 is 9.15 Å². The van der Waals surface area contributed by atoms with Crippen LogP contribution in [0.3, 0.4) is 0 Å². The third kappa shape index (κ3) is 4.83. The predicted octanol–water partition coefficient (Wildman–Crippen LogP) is 5.49. The number of oxazole rings is 1. The van der Waals surface area contributed by atoms with Crippen molar-refractivity contribution in [3.8, 4) is 17.2 Å². The molecule has 176 valence electrons. The molecule has 8 heteroatoms. The summed E-state index contributed by atoms with van der Waals surface area (Å²) in [5.41, 5.74) is 3.13. The maximum atomic E-state index is 13.4. The number of para-hydroxylation sites is 2. The number of aromatic nitrogens is 4. The zero-order chi connectivity index (χ0) is 24.2. The smallest absolute Gasteiger partial charge is 0.262 e. The highest BCUT2D eigenvalue weighted by Crippen LogP contribution is 2.32. The molecule has 0 saturated carbocycles. The summed E-state index contributed by atoms with van der Waals surface area (Å²) in [7, 11) is 0. The number of hydrogen-bond acceptors (Lipinski definition) is 7. The second kappa shape index (κ2) is 10.1. The van der Waals surface area contributed by atoms with Gasteiger partial charge in [-0.05, 0) is 49.7 Å². The lowest BCUT2D eigenvalue weighted by atomic mass is 10.2. The van der Waals surface area contributed by atoms with Crippen LogP contribution in [0.5, 0.6) is 5.75 Å². The summed E-state index contributed by atoms with van der Waals surface area (Å²) in [5, 5.41) is 1.21. The largest absolute Gasteiger partial charge is 0.493 e. The van der Waals surface area contributed by atoms with Crippen LogP contribution in [-0.2, 0) is 12.3 Å². The van der Waals surface area contributed by atoms with E-state index in [2.05, 4.69) is 4.98 Å². The van der Waals surface area contributed by atoms with Crippen LogP contribution in [0.2, 0.25) is 0 Å². The van der Waals surface area contributed by atoms with Gasteiger partial charge in [-0.25, -0.2) is 9.97 Å². The minimum atomic E-state index is -0.0786. The molecule has 0 fully saturated rings. The zero-order valence-electron chi connectivity index (χ0n) is 19.5. The summed E-state index contributed by atoms with van der Waals surface area (Å²) < 4.78 is 13.4. The highest BCUT2D eigenvalue weighted by molar-refractivity contribution is 7.98. The Hall–Kier alpha value is -3.91. The van der Waals surface area contributed by atoms with Gasteiger partial charge in [0.05, 0.1) is 35.3 Å². The fraction of sp³-hybridized carbons (Fsp3) is 0.185. The van der Waals surface area contributed by atoms with Gasteiger partial charge >= 0.3 is 0 Å². The lowest BCUT2D eigenvalue weighted by Crippen LogP contribution is -2.24. The number of hydrogen-bond donors (Lipinski definition) is 0. The Labute approximate surface area is 206 Å². The van der Waals surface area contributed by atoms with Gasteiger partial charge in [-0.1, -0.05) is 42.1 Å². The van der Waals surface area contributed by atoms with Crippen molar-refractivity contribution in [1.82, 2.24) is 19.5 Å². The topological polar surface area (TPSA) is 83.0 Å². The van der Waals surface area contributed by atoms with Gasteiger partial charge in [0.1, 0.15) is 11.5 Å². The normalized spacial score (nSPS) is 11.1. The van der Waals surface area contributed by atoms with Gasteiger partial charge in [0.15, 0.2) is 5.16 Å². The summed E-state index contributed by atoms with van der Waals surface area (Å²) in [4.78, 5) is 27.1. The van der Waals surface area contributed by atoms with Crippen molar-refractivity contribution in [3.63, 3.8) is 0 Å². The molecule has 3 heterocycles. The van der Waals surface area contributed by atoms with E-state index in [1.54, 1.807) is 17.0 Å². The first kappa shape index (κ1) is 22.9. The summed E-state index contributed by atoms with van der Waals surface area (Å²) in [6, 6.07) is 18.9. The molecule has 0 radical (unpaired) electrons. The summed E-state index contributed by atoms with van der Waals surface area (Å²) in [6.07, 6.45) is 3.48. The van der Waals surface area contributed by atoms with E-state index in [-0.39, 0.29) is 5.56 Å². The molecule has 0 aliphatic rings. The highest BCUT2D eigenvalue weighted by Gasteiger charge is 2.18. The molecule has 7 nitrogen and oxygen atoms in total. The number of ether oxygens (including phenoxy) is 1. The quantitative estimate of drug-likeness (QED) is 0.213. The van der Waals surface area contributed by atoms with Crippen LogP contribution in [0.25, 0.3) is 22.4 Å². The number of pyridine rings is 1. The third-order valence-corrected chi connectivity index (χ3v) is 6.53. The Morgan fingerprint density at radius 3 is 2.69 bits per heavy atom. The molecule has 2 aromatic carbocycles. The van der Waals surface area contributed by atoms with Crippen LogP contribution in [0.1, 0.15) is 23.9 Å². The number of aryl methyl sites for hydroxylation is 1. The van der Waals surface area contributed by atoms with Crippen molar-refractivity contribution >= 4 is 22.7 Å². The average molecular weight is 485 g/mol. The van der Waals surface area contributed by atoms with Crippen molar-refractivity contribution in [3.05, 3.63) is 100 Å². The molecule has 0 spiro atoms. The summed E-state index contributed by atoms with van der Waals surface area (Å²) in [5.74, 6) is 2.48. The van der Waals surface area contributed by atoms with Gasteiger partial charge < -0.3 is 9.15 Å². The van der Waals surface area contributed by atoms with Crippen molar-refractivity contribution in [1.29, 1.82) is 0 Å². The standard InChI is InChI=1S/C27H24N4O3S/c1-3-33-24-13-7-5-11-21(24)25-29-23(18(2)34-25)17-35-27-30-22-12-6-4-10-20(22)26(32)31(27)16-19-9-8-14-28-15-19/h4-15H,3,16-17H2,1-2H3. The van der Waals surface area contributed by atoms with Crippen LogP contribution < -0.4 is 10.3 Å². The van der Waals surface area contributed by atoms with Crippen LogP contribution in [0, 0.1) is 6.92 Å². The Morgan fingerprint density at radius 2 is 1.86 bits per heavy atom. The molecule has 5 aromatic rings. The van der Waals surface area contributed by atoms with E-state index in [0.717, 1.165) is 28.3 Å². The first-order valence-corrected chi connectivity index (χ1v) is 12.3. The van der Waals surface area contributed by atoms with Gasteiger partial charge in [0.25, 0.3) is 5.56 Å². The van der Waals surface area contributed by atoms with E-state index in [1.165, 1.54) is 11.8 Å². The third-order valence-electron chi connectivity index (χ3n) is 5.54. The molecular formula is C27H24N4O3S. The second-order valence-electron chi connectivity index (χ2n) is 7.90. The van der Waals surface area contributed by atoms with Crippen LogP contribution in [0.15, 0.2) is 87.4 Å². The van der Waals surface area contributed by atoms with Gasteiger partial charge in [-0.2, -0.15) is 0 Å². The molecule has 0 aliphatic heterocycles. The van der Waals surface area contributed by atoms with Crippen LogP contribution in [0.4, 0.5) is 0 Å². The van der Waals surface area contributed by atoms with Crippen molar-refractivity contribution in [2.24, 2.45) is 0 Å². The van der Waals surface area contributed by atoms with Gasteiger partial charge in [-0.3, -0.25) is 14.3 Å². The molecule has 0 N–H and O–H groups in total. The number of nitrogens with zero attached hydrogens (tertiary/aromatic N) is 4. The minimum absolute atomic E-state index is 0.0786. The number of rotatable bonds is 8. The van der Waals surface area contributed by atoms with Crippen LogP contribution in [-0.4, -0.2) is 26.1 Å². The SMILES string of the molecule is CCOc1ccccc1-c1nc(CSc2nc3ccccc3c(=O)n2Cc2cccnc2)c(C)o1. The second-order valence-corrected chi connectivity index (χ2v) is 8.85. The zero-order valence-corrected chi connectivity index (χ0v) is 20.3. The molecule has 0 unspecified atom stereocenters. The summed E-state index contributed by atoms with van der Waals surface area (Å²) >= 11 is 1.46. The van der Waals surface area contributed by atoms with E-state index in [4.69, 9.17) is 19.1 Å². The van der Waals surface area contributed by atoms with E-state index < -0.39 is 0 Å². The maximum absolute atomic E-state index is 13.4. The molecule has 0 saturated heterocycles. The van der Waals surface area contributed by atoms with Gasteiger partial charge in [0.2, 0.25) is 5.89 Å². The first-order chi connectivity index (χ1) is 17.1. The molecule has 0 atom stereocenters. The molecule has 0 bridgehead atoms. The molecule has 3 aromatic heterocycles. The average Bonchev–Trinajstić information content (AvgIpc) is 3.26. The number of fused-ring (bicyclic) bond motifs is 1. The monoisotopic (exact) mass is 484 g/mol. The van der Waals surface area contributed by atoms with E-state index in [9.17, 15) is 4.79 Å². The van der Waals surface area contributed by atoms with E-state index in [1.807, 2.05) is 74.5 Å². The lowest BCUT2D eigenvalue weighted by Gasteiger charge is -2.13. The number of thioether (sulfide) groups is 1. The lowest BCUT2D eigenvalue weighted by molar-refractivity contribution is 0.340. The van der Waals surface area contributed by atoms with Gasteiger partial charge in [-0.15, -0.1) is 0 Å². The predicted molar refractivity (Wildman–Crippen MR) is 137 cm³/mol. The first-order valence-electron chi connectivity index (χ1n) is 11.3.